The molecule has 5 heteroatoms. The van der Waals surface area contributed by atoms with Gasteiger partial charge >= 0.3 is 5.97 Å². The number of carbonyl (C=O) groups is 1. The zero-order valence-electron chi connectivity index (χ0n) is 12.8. The number of pyridine rings is 1. The number of nitrogens with zero attached hydrogens (tertiary/aromatic N) is 1. The van der Waals surface area contributed by atoms with Gasteiger partial charge in [0.25, 0.3) is 0 Å². The summed E-state index contributed by atoms with van der Waals surface area (Å²) in [5.74, 6) is -0.321. The Labute approximate surface area is 134 Å². The lowest BCUT2D eigenvalue weighted by atomic mass is 10.1. The molecule has 0 saturated carbocycles. The van der Waals surface area contributed by atoms with Crippen LogP contribution in [0.25, 0.3) is 0 Å². The van der Waals surface area contributed by atoms with Crippen LogP contribution in [-0.4, -0.2) is 21.7 Å². The van der Waals surface area contributed by atoms with E-state index in [1.807, 2.05) is 32.9 Å². The first-order valence-corrected chi connectivity index (χ1v) is 7.29. The molecule has 1 aromatic heterocycles. The molecule has 0 radical (unpaired) electrons. The molecule has 0 spiro atoms. The quantitative estimate of drug-likeness (QED) is 0.917. The van der Waals surface area contributed by atoms with Gasteiger partial charge in [0, 0.05) is 22.7 Å². The van der Waals surface area contributed by atoms with Crippen molar-refractivity contribution in [3.8, 4) is 5.75 Å². The van der Waals surface area contributed by atoms with Gasteiger partial charge in [0.1, 0.15) is 17.0 Å². The Kier molecular flexibility index (Phi) is 4.71. The molecule has 0 fully saturated rings. The lowest BCUT2D eigenvalue weighted by Crippen LogP contribution is -2.23. The van der Waals surface area contributed by atoms with Gasteiger partial charge in [0.15, 0.2) is 0 Å². The van der Waals surface area contributed by atoms with Crippen LogP contribution in [-0.2, 0) is 6.42 Å². The summed E-state index contributed by atoms with van der Waals surface area (Å²) >= 11 is 6.07. The second-order valence-electron chi connectivity index (χ2n) is 5.96. The van der Waals surface area contributed by atoms with E-state index < -0.39 is 5.97 Å². The SMILES string of the molecule is CC(C)(C)Oc1ccc(Cl)cc1Cc1cccc(C(=O)O)n1. The first-order chi connectivity index (χ1) is 10.2. The maximum absolute atomic E-state index is 11.0. The molecule has 0 saturated heterocycles. The molecule has 1 heterocycles. The van der Waals surface area contributed by atoms with E-state index in [0.29, 0.717) is 17.1 Å². The number of halogens is 1. The Morgan fingerprint density at radius 2 is 2.00 bits per heavy atom. The third-order valence-corrected chi connectivity index (χ3v) is 3.07. The van der Waals surface area contributed by atoms with Crippen LogP contribution in [0.15, 0.2) is 36.4 Å². The summed E-state index contributed by atoms with van der Waals surface area (Å²) in [5, 5.41) is 9.62. The smallest absolute Gasteiger partial charge is 0.354 e. The Balaban J connectivity index is 2.34. The zero-order valence-corrected chi connectivity index (χ0v) is 13.5. The molecule has 0 aliphatic carbocycles. The highest BCUT2D eigenvalue weighted by molar-refractivity contribution is 6.30. The van der Waals surface area contributed by atoms with Gasteiger partial charge in [-0.1, -0.05) is 17.7 Å². The number of rotatable bonds is 4. The van der Waals surface area contributed by atoms with Crippen molar-refractivity contribution in [3.63, 3.8) is 0 Å². The lowest BCUT2D eigenvalue weighted by molar-refractivity contribution is 0.0690. The van der Waals surface area contributed by atoms with E-state index in [4.69, 9.17) is 21.4 Å². The van der Waals surface area contributed by atoms with Crippen molar-refractivity contribution < 1.29 is 14.6 Å². The third-order valence-electron chi connectivity index (χ3n) is 2.84. The Morgan fingerprint density at radius 3 is 2.64 bits per heavy atom. The maximum atomic E-state index is 11.0. The molecular formula is C17H18ClNO3. The minimum Gasteiger partial charge on any atom is -0.488 e. The number of hydrogen-bond donors (Lipinski definition) is 1. The van der Waals surface area contributed by atoms with Crippen molar-refractivity contribution in [2.75, 3.05) is 0 Å². The number of carboxylic acid groups (broad SMARTS) is 1. The van der Waals surface area contributed by atoms with E-state index in [1.165, 1.54) is 6.07 Å². The summed E-state index contributed by atoms with van der Waals surface area (Å²) in [6.07, 6.45) is 0.451. The van der Waals surface area contributed by atoms with Gasteiger partial charge in [-0.25, -0.2) is 9.78 Å². The number of hydrogen-bond acceptors (Lipinski definition) is 3. The standard InChI is InChI=1S/C17H18ClNO3/c1-17(2,3)22-15-8-7-12(18)9-11(15)10-13-5-4-6-14(19-13)16(20)21/h4-9H,10H2,1-3H3,(H,20,21). The van der Waals surface area contributed by atoms with Crippen LogP contribution in [0.3, 0.4) is 0 Å². The summed E-state index contributed by atoms with van der Waals surface area (Å²) < 4.78 is 5.93. The second kappa shape index (κ2) is 6.36. The van der Waals surface area contributed by atoms with Crippen LogP contribution < -0.4 is 4.74 Å². The van der Waals surface area contributed by atoms with Crippen LogP contribution in [0.2, 0.25) is 5.02 Å². The fraction of sp³-hybridized carbons (Fsp3) is 0.294. The Bertz CT molecular complexity index is 693. The number of carboxylic acids is 1. The van der Waals surface area contributed by atoms with Gasteiger partial charge < -0.3 is 9.84 Å². The summed E-state index contributed by atoms with van der Waals surface area (Å²) in [6, 6.07) is 10.3. The summed E-state index contributed by atoms with van der Waals surface area (Å²) in [5.41, 5.74) is 1.22. The van der Waals surface area contributed by atoms with Gasteiger partial charge in [-0.05, 0) is 51.1 Å². The van der Waals surface area contributed by atoms with Crippen molar-refractivity contribution in [1.82, 2.24) is 4.98 Å². The number of ether oxygens (including phenoxy) is 1. The van der Waals surface area contributed by atoms with Crippen molar-refractivity contribution >= 4 is 17.6 Å². The molecule has 4 nitrogen and oxygen atoms in total. The van der Waals surface area contributed by atoms with Gasteiger partial charge in [0.05, 0.1) is 0 Å². The van der Waals surface area contributed by atoms with Crippen LogP contribution in [0.1, 0.15) is 42.5 Å². The summed E-state index contributed by atoms with van der Waals surface area (Å²) in [6.45, 7) is 5.90. The normalized spacial score (nSPS) is 11.3. The predicted octanol–water partition coefficient (Wildman–Crippen LogP) is 4.20. The monoisotopic (exact) mass is 319 g/mol. The van der Waals surface area contributed by atoms with E-state index in [1.54, 1.807) is 18.2 Å². The molecule has 0 aliphatic rings. The predicted molar refractivity (Wildman–Crippen MR) is 85.8 cm³/mol. The minimum absolute atomic E-state index is 0.0258. The largest absolute Gasteiger partial charge is 0.488 e. The minimum atomic E-state index is -1.04. The van der Waals surface area contributed by atoms with Crippen LogP contribution >= 0.6 is 11.6 Å². The van der Waals surface area contributed by atoms with Crippen molar-refractivity contribution in [2.24, 2.45) is 0 Å². The van der Waals surface area contributed by atoms with Crippen LogP contribution in [0.4, 0.5) is 0 Å². The molecule has 0 aliphatic heterocycles. The zero-order chi connectivity index (χ0) is 16.3. The number of benzene rings is 1. The molecule has 1 aromatic carbocycles. The van der Waals surface area contributed by atoms with Gasteiger partial charge in [0.2, 0.25) is 0 Å². The average molecular weight is 320 g/mol. The fourth-order valence-corrected chi connectivity index (χ4v) is 2.20. The lowest BCUT2D eigenvalue weighted by Gasteiger charge is -2.23. The average Bonchev–Trinajstić information content (AvgIpc) is 2.41. The van der Waals surface area contributed by atoms with Crippen LogP contribution in [0.5, 0.6) is 5.75 Å². The Morgan fingerprint density at radius 1 is 1.27 bits per heavy atom. The molecule has 22 heavy (non-hydrogen) atoms. The van der Waals surface area contributed by atoms with E-state index >= 15 is 0 Å². The summed E-state index contributed by atoms with van der Waals surface area (Å²) in [7, 11) is 0. The van der Waals surface area contributed by atoms with Gasteiger partial charge in [-0.2, -0.15) is 0 Å². The van der Waals surface area contributed by atoms with Crippen LogP contribution in [0, 0.1) is 0 Å². The molecule has 2 rings (SSSR count). The van der Waals surface area contributed by atoms with Crippen molar-refractivity contribution in [3.05, 3.63) is 58.4 Å². The van der Waals surface area contributed by atoms with E-state index in [2.05, 4.69) is 4.98 Å². The number of aromatic nitrogens is 1. The number of aromatic carboxylic acids is 1. The fourth-order valence-electron chi connectivity index (χ4n) is 2.01. The second-order valence-corrected chi connectivity index (χ2v) is 6.40. The highest BCUT2D eigenvalue weighted by atomic mass is 35.5. The van der Waals surface area contributed by atoms with Crippen molar-refractivity contribution in [1.29, 1.82) is 0 Å². The molecule has 0 unspecified atom stereocenters. The van der Waals surface area contributed by atoms with E-state index in [-0.39, 0.29) is 11.3 Å². The molecule has 0 amide bonds. The highest BCUT2D eigenvalue weighted by Crippen LogP contribution is 2.28. The molecule has 0 bridgehead atoms. The molecular weight excluding hydrogens is 302 g/mol. The first kappa shape index (κ1) is 16.3. The van der Waals surface area contributed by atoms with E-state index in [0.717, 1.165) is 11.3 Å². The van der Waals surface area contributed by atoms with Gasteiger partial charge in [-0.15, -0.1) is 0 Å². The highest BCUT2D eigenvalue weighted by Gasteiger charge is 2.16. The first-order valence-electron chi connectivity index (χ1n) is 6.91. The van der Waals surface area contributed by atoms with E-state index in [9.17, 15) is 4.79 Å². The molecule has 1 N–H and O–H groups in total. The third kappa shape index (κ3) is 4.46. The van der Waals surface area contributed by atoms with Crippen molar-refractivity contribution in [2.45, 2.75) is 32.8 Å². The summed E-state index contributed by atoms with van der Waals surface area (Å²) in [4.78, 5) is 15.1. The Hall–Kier alpha value is -2.07. The molecule has 0 atom stereocenters. The molecule has 2 aromatic rings. The topological polar surface area (TPSA) is 59.4 Å². The van der Waals surface area contributed by atoms with Gasteiger partial charge in [-0.3, -0.25) is 0 Å². The molecule has 116 valence electrons. The maximum Gasteiger partial charge on any atom is 0.354 e.